The largest absolute Gasteiger partial charge is 0.362 e. The Hall–Kier alpha value is -1.35. The van der Waals surface area contributed by atoms with Crippen molar-refractivity contribution in [2.45, 2.75) is 52.2 Å². The number of methoxy groups -OCH3 is 1. The first-order chi connectivity index (χ1) is 9.60. The number of ether oxygens (including phenoxy) is 1. The van der Waals surface area contributed by atoms with Crippen molar-refractivity contribution in [1.29, 1.82) is 0 Å². The Kier molecular flexibility index (Phi) is 7.31. The average molecular weight is 277 g/mol. The van der Waals surface area contributed by atoms with Crippen LogP contribution in [0.3, 0.4) is 0 Å². The van der Waals surface area contributed by atoms with E-state index in [-0.39, 0.29) is 12.1 Å². The number of carbonyl (C=O) groups excluding carboxylic acids is 1. The van der Waals surface area contributed by atoms with E-state index in [1.54, 1.807) is 18.9 Å². The highest BCUT2D eigenvalue weighted by Gasteiger charge is 2.25. The lowest BCUT2D eigenvalue weighted by Gasteiger charge is -2.21. The molecule has 0 aliphatic carbocycles. The zero-order valence-corrected chi connectivity index (χ0v) is 13.1. The van der Waals surface area contributed by atoms with Crippen LogP contribution in [-0.4, -0.2) is 30.7 Å². The highest BCUT2D eigenvalue weighted by Crippen LogP contribution is 2.17. The monoisotopic (exact) mass is 277 g/mol. The van der Waals surface area contributed by atoms with Crippen LogP contribution < -0.4 is 0 Å². The number of hydrogen-bond acceptors (Lipinski definition) is 2. The van der Waals surface area contributed by atoms with Gasteiger partial charge in [0.2, 0.25) is 5.91 Å². The second-order valence-corrected chi connectivity index (χ2v) is 5.26. The predicted molar refractivity (Wildman–Crippen MR) is 82.6 cm³/mol. The second kappa shape index (κ2) is 8.75. The number of benzene rings is 1. The van der Waals surface area contributed by atoms with Crippen LogP contribution in [0.4, 0.5) is 0 Å². The lowest BCUT2D eigenvalue weighted by atomic mass is 9.99. The van der Waals surface area contributed by atoms with Gasteiger partial charge in [-0.15, -0.1) is 0 Å². The first-order valence-corrected chi connectivity index (χ1v) is 7.45. The molecular weight excluding hydrogens is 250 g/mol. The van der Waals surface area contributed by atoms with E-state index >= 15 is 0 Å². The maximum Gasteiger partial charge on any atom is 0.221 e. The fourth-order valence-electron chi connectivity index (χ4n) is 2.36. The van der Waals surface area contributed by atoms with Gasteiger partial charge in [-0.3, -0.25) is 4.79 Å². The molecule has 2 rings (SSSR count). The third-order valence-electron chi connectivity index (χ3n) is 3.86. The van der Waals surface area contributed by atoms with Crippen LogP contribution in [0.25, 0.3) is 0 Å². The molecule has 112 valence electrons. The van der Waals surface area contributed by atoms with Gasteiger partial charge < -0.3 is 9.64 Å². The molecule has 3 heteroatoms. The van der Waals surface area contributed by atoms with E-state index in [9.17, 15) is 4.79 Å². The molecule has 1 aromatic carbocycles. The van der Waals surface area contributed by atoms with E-state index in [1.165, 1.54) is 12.0 Å². The summed E-state index contributed by atoms with van der Waals surface area (Å²) in [4.78, 5) is 12.6. The normalized spacial score (nSPS) is 19.2. The molecule has 0 aromatic heterocycles. The first kappa shape index (κ1) is 16.7. The fourth-order valence-corrected chi connectivity index (χ4v) is 2.36. The van der Waals surface area contributed by atoms with Crippen molar-refractivity contribution in [3.05, 3.63) is 35.9 Å². The number of likely N-dealkylation sites (tertiary alicyclic amines) is 1. The van der Waals surface area contributed by atoms with E-state index in [0.29, 0.717) is 5.92 Å². The molecule has 0 bridgehead atoms. The van der Waals surface area contributed by atoms with Gasteiger partial charge in [0.05, 0.1) is 0 Å². The smallest absolute Gasteiger partial charge is 0.221 e. The zero-order valence-electron chi connectivity index (χ0n) is 13.1. The summed E-state index contributed by atoms with van der Waals surface area (Å²) in [6.45, 7) is 6.91. The molecule has 1 heterocycles. The Morgan fingerprint density at radius 3 is 2.50 bits per heavy atom. The third kappa shape index (κ3) is 4.97. The molecule has 0 saturated carbocycles. The van der Waals surface area contributed by atoms with Gasteiger partial charge in [-0.05, 0) is 30.7 Å². The quantitative estimate of drug-likeness (QED) is 0.841. The van der Waals surface area contributed by atoms with E-state index in [0.717, 1.165) is 19.4 Å². The van der Waals surface area contributed by atoms with Crippen LogP contribution in [0, 0.1) is 0 Å². The molecule has 1 saturated heterocycles. The standard InChI is InChI=1S/C10H14.C7H13NO2/c1-3-9(2)10-7-5-4-6-8-10;1-6(9)8-5-3-4-7(8)10-2/h4-9H,3H2,1-2H3;7H,3-5H2,1-2H3. The lowest BCUT2D eigenvalue weighted by Crippen LogP contribution is -2.34. The molecule has 2 atom stereocenters. The van der Waals surface area contributed by atoms with Crippen LogP contribution in [0.15, 0.2) is 30.3 Å². The molecule has 2 unspecified atom stereocenters. The molecular formula is C17H27NO2. The van der Waals surface area contributed by atoms with Gasteiger partial charge in [-0.2, -0.15) is 0 Å². The van der Waals surface area contributed by atoms with Gasteiger partial charge in [0.1, 0.15) is 6.23 Å². The predicted octanol–water partition coefficient (Wildman–Crippen LogP) is 3.80. The second-order valence-electron chi connectivity index (χ2n) is 5.26. The average Bonchev–Trinajstić information content (AvgIpc) is 2.97. The highest BCUT2D eigenvalue weighted by atomic mass is 16.5. The van der Waals surface area contributed by atoms with Crippen LogP contribution in [0.1, 0.15) is 51.5 Å². The fraction of sp³-hybridized carbons (Fsp3) is 0.588. The van der Waals surface area contributed by atoms with Gasteiger partial charge in [0, 0.05) is 20.6 Å². The van der Waals surface area contributed by atoms with Crippen molar-refractivity contribution >= 4 is 5.91 Å². The molecule has 1 aliphatic rings. The van der Waals surface area contributed by atoms with E-state index in [4.69, 9.17) is 4.74 Å². The molecule has 20 heavy (non-hydrogen) atoms. The Morgan fingerprint density at radius 1 is 1.40 bits per heavy atom. The van der Waals surface area contributed by atoms with Crippen molar-refractivity contribution < 1.29 is 9.53 Å². The van der Waals surface area contributed by atoms with Gasteiger partial charge >= 0.3 is 0 Å². The van der Waals surface area contributed by atoms with Crippen molar-refractivity contribution in [1.82, 2.24) is 4.90 Å². The van der Waals surface area contributed by atoms with Gasteiger partial charge in [-0.25, -0.2) is 0 Å². The van der Waals surface area contributed by atoms with Gasteiger partial charge in [-0.1, -0.05) is 44.2 Å². The number of carbonyl (C=O) groups is 1. The summed E-state index contributed by atoms with van der Waals surface area (Å²) >= 11 is 0. The van der Waals surface area contributed by atoms with Crippen LogP contribution >= 0.6 is 0 Å². The van der Waals surface area contributed by atoms with Crippen molar-refractivity contribution in [2.24, 2.45) is 0 Å². The summed E-state index contributed by atoms with van der Waals surface area (Å²) in [6, 6.07) is 10.6. The third-order valence-corrected chi connectivity index (χ3v) is 3.86. The summed E-state index contributed by atoms with van der Waals surface area (Å²) < 4.78 is 5.09. The molecule has 3 nitrogen and oxygen atoms in total. The van der Waals surface area contributed by atoms with Crippen LogP contribution in [0.2, 0.25) is 0 Å². The minimum absolute atomic E-state index is 0.0394. The number of rotatable bonds is 3. The van der Waals surface area contributed by atoms with E-state index in [2.05, 4.69) is 44.2 Å². The summed E-state index contributed by atoms with van der Waals surface area (Å²) in [7, 11) is 1.64. The van der Waals surface area contributed by atoms with Crippen LogP contribution in [-0.2, 0) is 9.53 Å². The molecule has 0 N–H and O–H groups in total. The van der Waals surface area contributed by atoms with Crippen LogP contribution in [0.5, 0.6) is 0 Å². The van der Waals surface area contributed by atoms with Gasteiger partial charge in [0.25, 0.3) is 0 Å². The Bertz CT molecular complexity index is 391. The minimum Gasteiger partial charge on any atom is -0.362 e. The first-order valence-electron chi connectivity index (χ1n) is 7.45. The zero-order chi connectivity index (χ0) is 15.0. The van der Waals surface area contributed by atoms with Crippen molar-refractivity contribution in [3.8, 4) is 0 Å². The SMILES string of the molecule is CCC(C)c1ccccc1.COC1CCCN1C(C)=O. The number of nitrogens with zero attached hydrogens (tertiary/aromatic N) is 1. The topological polar surface area (TPSA) is 29.5 Å². The molecule has 0 radical (unpaired) electrons. The van der Waals surface area contributed by atoms with Gasteiger partial charge in [0.15, 0.2) is 0 Å². The summed E-state index contributed by atoms with van der Waals surface area (Å²) in [5, 5.41) is 0. The summed E-state index contributed by atoms with van der Waals surface area (Å²) in [5.74, 6) is 0.825. The van der Waals surface area contributed by atoms with Crippen molar-refractivity contribution in [2.75, 3.05) is 13.7 Å². The minimum atomic E-state index is 0.0394. The highest BCUT2D eigenvalue weighted by molar-refractivity contribution is 5.73. The molecule has 1 amide bonds. The maximum absolute atomic E-state index is 10.9. The van der Waals surface area contributed by atoms with Crippen molar-refractivity contribution in [3.63, 3.8) is 0 Å². The Labute approximate surface area is 122 Å². The molecule has 1 aliphatic heterocycles. The molecule has 0 spiro atoms. The van der Waals surface area contributed by atoms with E-state index in [1.807, 2.05) is 0 Å². The molecule has 1 fully saturated rings. The Morgan fingerprint density at radius 2 is 2.05 bits per heavy atom. The summed E-state index contributed by atoms with van der Waals surface area (Å²) in [6.07, 6.45) is 3.32. The van der Waals surface area contributed by atoms with E-state index < -0.39 is 0 Å². The maximum atomic E-state index is 10.9. The number of hydrogen-bond donors (Lipinski definition) is 0. The lowest BCUT2D eigenvalue weighted by molar-refractivity contribution is -0.137. The summed E-state index contributed by atoms with van der Waals surface area (Å²) in [5.41, 5.74) is 1.45. The number of amides is 1. The Balaban J connectivity index is 0.000000200. The molecule has 1 aromatic rings.